The first-order valence-electron chi connectivity index (χ1n) is 12.3. The number of alkyl carbamates (subject to hydrolysis) is 1. The van der Waals surface area contributed by atoms with Gasteiger partial charge in [-0.25, -0.2) is 14.6 Å². The smallest absolute Gasteiger partial charge is 0.408 e. The van der Waals surface area contributed by atoms with Crippen LogP contribution in [0.15, 0.2) is 48.5 Å². The maximum atomic E-state index is 12.1. The highest BCUT2D eigenvalue weighted by atomic mass is 35.5. The molecule has 0 aliphatic rings. The Morgan fingerprint density at radius 1 is 1.11 bits per heavy atom. The Hall–Kier alpha value is -2.97. The Labute approximate surface area is 227 Å². The number of anilines is 1. The number of rotatable bonds is 12. The van der Waals surface area contributed by atoms with Gasteiger partial charge in [-0.3, -0.25) is 4.57 Å². The SMILES string of the molecule is CC(C)(C)OC(=O)N[C@@H](CCCc1nc2cc(N(CCCl)CCCl)ccc2n1-c1ccccc1)C(=O)O. The van der Waals surface area contributed by atoms with Crippen molar-refractivity contribution in [3.63, 3.8) is 0 Å². The van der Waals surface area contributed by atoms with Crippen molar-refractivity contribution in [3.8, 4) is 5.69 Å². The van der Waals surface area contributed by atoms with Crippen LogP contribution in [0.25, 0.3) is 16.7 Å². The number of hydrogen-bond donors (Lipinski definition) is 2. The van der Waals surface area contributed by atoms with Crippen molar-refractivity contribution < 1.29 is 19.4 Å². The maximum absolute atomic E-state index is 12.1. The fraction of sp³-hybridized carbons (Fsp3) is 0.444. The van der Waals surface area contributed by atoms with Gasteiger partial charge in [0.15, 0.2) is 0 Å². The molecule has 1 heterocycles. The van der Waals surface area contributed by atoms with Gasteiger partial charge in [-0.1, -0.05) is 18.2 Å². The standard InChI is InChI=1S/C27H34Cl2N4O4/c1-27(2,3)37-26(36)31-21(25(34)35)10-7-11-24-30-22-18-20(32(16-14-28)17-15-29)12-13-23(22)33(24)19-8-5-4-6-9-19/h4-6,8-9,12-13,18,21H,7,10-11,14-17H2,1-3H3,(H,31,36)(H,34,35)/t21-/m0/s1. The van der Waals surface area contributed by atoms with Crippen LogP contribution >= 0.6 is 23.2 Å². The second-order valence-electron chi connectivity index (χ2n) is 9.67. The highest BCUT2D eigenvalue weighted by Gasteiger charge is 2.24. The summed E-state index contributed by atoms with van der Waals surface area (Å²) in [4.78, 5) is 30.9. The Bertz CT molecular complexity index is 1190. The zero-order valence-electron chi connectivity index (χ0n) is 21.4. The third-order valence-corrected chi connectivity index (χ3v) is 6.02. The van der Waals surface area contributed by atoms with Crippen molar-refractivity contribution in [2.24, 2.45) is 0 Å². The highest BCUT2D eigenvalue weighted by Crippen LogP contribution is 2.27. The largest absolute Gasteiger partial charge is 0.480 e. The molecule has 0 fully saturated rings. The lowest BCUT2D eigenvalue weighted by atomic mass is 10.1. The van der Waals surface area contributed by atoms with Gasteiger partial charge in [-0.05, 0) is 63.9 Å². The van der Waals surface area contributed by atoms with Crippen LogP contribution in [0.3, 0.4) is 0 Å². The number of aryl methyl sites for hydroxylation is 1. The van der Waals surface area contributed by atoms with E-state index < -0.39 is 23.7 Å². The predicted octanol–water partition coefficient (Wildman–Crippen LogP) is 5.61. The molecule has 1 aromatic heterocycles. The molecule has 0 unspecified atom stereocenters. The van der Waals surface area contributed by atoms with Gasteiger partial charge in [-0.2, -0.15) is 0 Å². The summed E-state index contributed by atoms with van der Waals surface area (Å²) in [5.41, 5.74) is 3.02. The number of carboxylic acids is 1. The lowest BCUT2D eigenvalue weighted by molar-refractivity contribution is -0.139. The summed E-state index contributed by atoms with van der Waals surface area (Å²) in [6.07, 6.45) is 0.505. The first kappa shape index (κ1) is 28.6. The van der Waals surface area contributed by atoms with E-state index in [1.807, 2.05) is 48.5 Å². The van der Waals surface area contributed by atoms with E-state index in [9.17, 15) is 14.7 Å². The Morgan fingerprint density at radius 3 is 2.38 bits per heavy atom. The summed E-state index contributed by atoms with van der Waals surface area (Å²) in [5, 5.41) is 12.1. The lowest BCUT2D eigenvalue weighted by Gasteiger charge is -2.22. The Morgan fingerprint density at radius 2 is 1.78 bits per heavy atom. The number of hydrogen-bond acceptors (Lipinski definition) is 5. The zero-order chi connectivity index (χ0) is 27.0. The van der Waals surface area contributed by atoms with E-state index in [2.05, 4.69) is 14.8 Å². The van der Waals surface area contributed by atoms with E-state index in [0.29, 0.717) is 37.7 Å². The van der Waals surface area contributed by atoms with Gasteiger partial charge in [-0.15, -0.1) is 23.2 Å². The molecule has 0 saturated heterocycles. The van der Waals surface area contributed by atoms with Gasteiger partial charge >= 0.3 is 12.1 Å². The number of amides is 1. The molecule has 1 amide bonds. The molecule has 0 spiro atoms. The maximum Gasteiger partial charge on any atom is 0.408 e. The van der Waals surface area contributed by atoms with Crippen LogP contribution in [0, 0.1) is 0 Å². The quantitative estimate of drug-likeness (QED) is 0.285. The predicted molar refractivity (Wildman–Crippen MR) is 148 cm³/mol. The third kappa shape index (κ3) is 8.01. The van der Waals surface area contributed by atoms with Crippen molar-refractivity contribution >= 4 is 52.0 Å². The molecule has 2 aromatic carbocycles. The van der Waals surface area contributed by atoms with Crippen LogP contribution in [0.2, 0.25) is 0 Å². The van der Waals surface area contributed by atoms with Crippen LogP contribution in [0.1, 0.15) is 39.4 Å². The average molecular weight is 549 g/mol. The molecule has 0 aliphatic carbocycles. The number of alkyl halides is 2. The Kier molecular flexibility index (Phi) is 10.1. The number of imidazole rings is 1. The topological polar surface area (TPSA) is 96.7 Å². The second-order valence-corrected chi connectivity index (χ2v) is 10.4. The zero-order valence-corrected chi connectivity index (χ0v) is 22.9. The molecule has 3 aromatic rings. The molecule has 0 aliphatic heterocycles. The highest BCUT2D eigenvalue weighted by molar-refractivity contribution is 6.18. The molecular weight excluding hydrogens is 515 g/mol. The molecule has 3 rings (SSSR count). The minimum absolute atomic E-state index is 0.233. The lowest BCUT2D eigenvalue weighted by Crippen LogP contribution is -2.43. The van der Waals surface area contributed by atoms with Gasteiger partial charge in [0.2, 0.25) is 0 Å². The van der Waals surface area contributed by atoms with Gasteiger partial charge in [0.05, 0.1) is 11.0 Å². The number of benzene rings is 2. The van der Waals surface area contributed by atoms with Crippen LogP contribution in [0.5, 0.6) is 0 Å². The third-order valence-electron chi connectivity index (χ3n) is 5.68. The van der Waals surface area contributed by atoms with E-state index >= 15 is 0 Å². The van der Waals surface area contributed by atoms with Gasteiger partial charge in [0.25, 0.3) is 0 Å². The van der Waals surface area contributed by atoms with Crippen LogP contribution in [0.4, 0.5) is 10.5 Å². The van der Waals surface area contributed by atoms with Crippen molar-refractivity contribution in [1.82, 2.24) is 14.9 Å². The number of para-hydroxylation sites is 1. The van der Waals surface area contributed by atoms with Crippen LogP contribution < -0.4 is 10.2 Å². The summed E-state index contributed by atoms with van der Waals surface area (Å²) in [6.45, 7) is 6.53. The molecule has 200 valence electrons. The molecular formula is C27H34Cl2N4O4. The van der Waals surface area contributed by atoms with E-state index in [0.717, 1.165) is 28.2 Å². The number of halogens is 2. The number of carbonyl (C=O) groups excluding carboxylic acids is 1. The van der Waals surface area contributed by atoms with Crippen molar-refractivity contribution in [2.75, 3.05) is 29.7 Å². The van der Waals surface area contributed by atoms with E-state index in [1.54, 1.807) is 20.8 Å². The Balaban J connectivity index is 1.85. The molecule has 8 nitrogen and oxygen atoms in total. The first-order chi connectivity index (χ1) is 17.6. The van der Waals surface area contributed by atoms with Gasteiger partial charge in [0, 0.05) is 42.6 Å². The van der Waals surface area contributed by atoms with Crippen LogP contribution in [-0.4, -0.2) is 63.2 Å². The molecule has 37 heavy (non-hydrogen) atoms. The molecule has 2 N–H and O–H groups in total. The number of carbonyl (C=O) groups is 2. The normalized spacial score (nSPS) is 12.4. The molecule has 0 saturated carbocycles. The number of aromatic nitrogens is 2. The number of carboxylic acid groups (broad SMARTS) is 1. The summed E-state index contributed by atoms with van der Waals surface area (Å²) in [5.74, 6) is 0.674. The van der Waals surface area contributed by atoms with E-state index in [1.165, 1.54) is 0 Å². The van der Waals surface area contributed by atoms with Crippen molar-refractivity contribution in [3.05, 3.63) is 54.4 Å². The van der Waals surface area contributed by atoms with Crippen molar-refractivity contribution in [2.45, 2.75) is 51.7 Å². The second kappa shape index (κ2) is 13.0. The average Bonchev–Trinajstić information content (AvgIpc) is 3.20. The monoisotopic (exact) mass is 548 g/mol. The number of fused-ring (bicyclic) bond motifs is 1. The fourth-order valence-corrected chi connectivity index (χ4v) is 4.50. The summed E-state index contributed by atoms with van der Waals surface area (Å²) < 4.78 is 7.30. The molecule has 1 atom stereocenters. The van der Waals surface area contributed by atoms with Crippen LogP contribution in [-0.2, 0) is 16.0 Å². The van der Waals surface area contributed by atoms with Gasteiger partial charge in [0.1, 0.15) is 17.5 Å². The summed E-state index contributed by atoms with van der Waals surface area (Å²) in [7, 11) is 0. The minimum Gasteiger partial charge on any atom is -0.480 e. The number of aliphatic carboxylic acids is 1. The first-order valence-corrected chi connectivity index (χ1v) is 13.4. The van der Waals surface area contributed by atoms with Crippen molar-refractivity contribution in [1.29, 1.82) is 0 Å². The minimum atomic E-state index is -1.11. The summed E-state index contributed by atoms with van der Waals surface area (Å²) >= 11 is 12.0. The summed E-state index contributed by atoms with van der Waals surface area (Å²) in [6, 6.07) is 14.9. The van der Waals surface area contributed by atoms with Gasteiger partial charge < -0.3 is 20.1 Å². The number of nitrogens with zero attached hydrogens (tertiary/aromatic N) is 3. The number of nitrogens with one attached hydrogen (secondary N) is 1. The fourth-order valence-electron chi connectivity index (χ4n) is 4.09. The van der Waals surface area contributed by atoms with E-state index in [-0.39, 0.29) is 6.42 Å². The number of ether oxygens (including phenoxy) is 1. The molecule has 0 bridgehead atoms. The molecule has 10 heteroatoms. The van der Waals surface area contributed by atoms with E-state index in [4.69, 9.17) is 32.9 Å². The molecule has 0 radical (unpaired) electrons.